The van der Waals surface area contributed by atoms with Gasteiger partial charge in [-0.05, 0) is 31.5 Å². The van der Waals surface area contributed by atoms with Crippen LogP contribution >= 0.6 is 0 Å². The molecule has 0 saturated carbocycles. The number of halogens is 3. The van der Waals surface area contributed by atoms with Crippen molar-refractivity contribution in [3.8, 4) is 0 Å². The molecule has 0 atom stereocenters. The third-order valence-corrected chi connectivity index (χ3v) is 2.97. The maximum atomic E-state index is 12.7. The highest BCUT2D eigenvalue weighted by Gasteiger charge is 2.34. The molecule has 0 bridgehead atoms. The third-order valence-electron chi connectivity index (χ3n) is 2.97. The quantitative estimate of drug-likeness (QED) is 0.876. The first-order valence-corrected chi connectivity index (χ1v) is 5.46. The van der Waals surface area contributed by atoms with Gasteiger partial charge in [0.15, 0.2) is 0 Å². The van der Waals surface area contributed by atoms with Crippen molar-refractivity contribution in [2.24, 2.45) is 5.92 Å². The fourth-order valence-corrected chi connectivity index (χ4v) is 1.86. The Bertz CT molecular complexity index is 449. The molecule has 0 radical (unpaired) electrons. The van der Waals surface area contributed by atoms with Crippen LogP contribution in [-0.2, 0) is 12.7 Å². The van der Waals surface area contributed by atoms with Crippen LogP contribution in [0.3, 0.4) is 0 Å². The Morgan fingerprint density at radius 3 is 2.59 bits per heavy atom. The van der Waals surface area contributed by atoms with Crippen LogP contribution in [0.4, 0.5) is 13.2 Å². The van der Waals surface area contributed by atoms with Crippen molar-refractivity contribution in [1.82, 2.24) is 9.88 Å². The van der Waals surface area contributed by atoms with Crippen molar-refractivity contribution in [3.05, 3.63) is 34.2 Å². The van der Waals surface area contributed by atoms with Crippen LogP contribution in [-0.4, -0.2) is 17.7 Å². The van der Waals surface area contributed by atoms with Crippen LogP contribution < -0.4 is 10.9 Å². The fourth-order valence-electron chi connectivity index (χ4n) is 1.86. The summed E-state index contributed by atoms with van der Waals surface area (Å²) in [6.07, 6.45) is -3.88. The van der Waals surface area contributed by atoms with Crippen LogP contribution in [0.15, 0.2) is 23.0 Å². The Kier molecular flexibility index (Phi) is 3.24. The van der Waals surface area contributed by atoms with Gasteiger partial charge in [0.25, 0.3) is 5.56 Å². The van der Waals surface area contributed by atoms with E-state index < -0.39 is 17.4 Å². The number of pyridine rings is 1. The molecule has 1 aromatic rings. The molecule has 94 valence electrons. The van der Waals surface area contributed by atoms with Gasteiger partial charge < -0.3 is 9.88 Å². The minimum atomic E-state index is -4.47. The van der Waals surface area contributed by atoms with Gasteiger partial charge in [0.1, 0.15) is 5.69 Å². The van der Waals surface area contributed by atoms with Gasteiger partial charge in [0, 0.05) is 12.6 Å². The van der Waals surface area contributed by atoms with E-state index in [-0.39, 0.29) is 6.54 Å². The maximum absolute atomic E-state index is 12.7. The Morgan fingerprint density at radius 2 is 2.06 bits per heavy atom. The molecule has 0 aromatic carbocycles. The van der Waals surface area contributed by atoms with Crippen molar-refractivity contribution >= 4 is 0 Å². The maximum Gasteiger partial charge on any atom is 0.431 e. The molecule has 1 saturated heterocycles. The van der Waals surface area contributed by atoms with Crippen LogP contribution in [0, 0.1) is 5.92 Å². The lowest BCUT2D eigenvalue weighted by Crippen LogP contribution is -2.43. The van der Waals surface area contributed by atoms with E-state index in [4.69, 9.17) is 0 Å². The lowest BCUT2D eigenvalue weighted by Gasteiger charge is -2.27. The summed E-state index contributed by atoms with van der Waals surface area (Å²) >= 11 is 0. The number of rotatable bonds is 3. The minimum Gasteiger partial charge on any atom is -0.316 e. The number of alkyl halides is 3. The monoisotopic (exact) mass is 246 g/mol. The second-order valence-corrected chi connectivity index (χ2v) is 4.21. The normalized spacial score (nSPS) is 16.9. The molecule has 3 nitrogen and oxygen atoms in total. The summed E-state index contributed by atoms with van der Waals surface area (Å²) < 4.78 is 38.8. The van der Waals surface area contributed by atoms with E-state index in [9.17, 15) is 18.0 Å². The van der Waals surface area contributed by atoms with Crippen LogP contribution in [0.25, 0.3) is 0 Å². The summed E-state index contributed by atoms with van der Waals surface area (Å²) in [6.45, 7) is 1.77. The molecule has 0 unspecified atom stereocenters. The number of hydrogen-bond acceptors (Lipinski definition) is 2. The minimum absolute atomic E-state index is 0.126. The van der Waals surface area contributed by atoms with Crippen LogP contribution in [0.1, 0.15) is 12.1 Å². The molecular weight excluding hydrogens is 233 g/mol. The van der Waals surface area contributed by atoms with Gasteiger partial charge in [0.2, 0.25) is 0 Å². The Balaban J connectivity index is 2.20. The van der Waals surface area contributed by atoms with E-state index >= 15 is 0 Å². The lowest BCUT2D eigenvalue weighted by molar-refractivity contribution is -0.144. The zero-order chi connectivity index (χ0) is 12.5. The Hall–Kier alpha value is -1.30. The molecule has 1 N–H and O–H groups in total. The highest BCUT2D eigenvalue weighted by Crippen LogP contribution is 2.28. The van der Waals surface area contributed by atoms with E-state index in [0.717, 1.165) is 35.9 Å². The van der Waals surface area contributed by atoms with Crippen molar-refractivity contribution < 1.29 is 13.2 Å². The zero-order valence-electron chi connectivity index (χ0n) is 9.13. The van der Waals surface area contributed by atoms with Gasteiger partial charge in [0.05, 0.1) is 0 Å². The van der Waals surface area contributed by atoms with Gasteiger partial charge in [-0.3, -0.25) is 4.79 Å². The predicted octanol–water partition coefficient (Wildman–Crippen LogP) is 1.48. The van der Waals surface area contributed by atoms with Gasteiger partial charge in [-0.15, -0.1) is 0 Å². The van der Waals surface area contributed by atoms with Crippen molar-refractivity contribution in [3.63, 3.8) is 0 Å². The highest BCUT2D eigenvalue weighted by atomic mass is 19.4. The topological polar surface area (TPSA) is 34.0 Å². The largest absolute Gasteiger partial charge is 0.431 e. The molecule has 2 rings (SSSR count). The molecule has 0 amide bonds. The molecule has 2 heterocycles. The van der Waals surface area contributed by atoms with Gasteiger partial charge in [-0.25, -0.2) is 0 Å². The fraction of sp³-hybridized carbons (Fsp3) is 0.545. The molecule has 0 aliphatic carbocycles. The number of aromatic nitrogens is 1. The van der Waals surface area contributed by atoms with Crippen molar-refractivity contribution in [2.45, 2.75) is 19.1 Å². The summed E-state index contributed by atoms with van der Waals surface area (Å²) in [5, 5.41) is 3.05. The summed E-state index contributed by atoms with van der Waals surface area (Å²) in [5.74, 6) is 0.378. The first kappa shape index (κ1) is 12.2. The molecule has 1 aromatic heterocycles. The summed E-state index contributed by atoms with van der Waals surface area (Å²) in [4.78, 5) is 11.5. The second-order valence-electron chi connectivity index (χ2n) is 4.21. The van der Waals surface area contributed by atoms with E-state index in [0.29, 0.717) is 12.3 Å². The van der Waals surface area contributed by atoms with Gasteiger partial charge in [-0.2, -0.15) is 13.2 Å². The second kappa shape index (κ2) is 4.52. The lowest BCUT2D eigenvalue weighted by atomic mass is 9.99. The molecule has 1 aliphatic rings. The SMILES string of the molecule is O=c1cccc(C(F)(F)F)n1CCC1CNC1. The van der Waals surface area contributed by atoms with Crippen LogP contribution in [0.2, 0.25) is 0 Å². The molecule has 1 fully saturated rings. The Morgan fingerprint density at radius 1 is 1.35 bits per heavy atom. The van der Waals surface area contributed by atoms with Crippen molar-refractivity contribution in [1.29, 1.82) is 0 Å². The molecular formula is C11H13F3N2O. The van der Waals surface area contributed by atoms with E-state index in [1.165, 1.54) is 0 Å². The predicted molar refractivity (Wildman–Crippen MR) is 56.7 cm³/mol. The molecule has 6 heteroatoms. The zero-order valence-corrected chi connectivity index (χ0v) is 9.13. The standard InChI is InChI=1S/C11H13F3N2O/c12-11(13,14)9-2-1-3-10(17)16(9)5-4-8-6-15-7-8/h1-3,8,15H,4-7H2. The first-order valence-electron chi connectivity index (χ1n) is 5.46. The first-order chi connectivity index (χ1) is 7.98. The third kappa shape index (κ3) is 2.69. The van der Waals surface area contributed by atoms with Gasteiger partial charge >= 0.3 is 6.18 Å². The number of nitrogens with zero attached hydrogens (tertiary/aromatic N) is 1. The molecule has 1 aliphatic heterocycles. The number of hydrogen-bond donors (Lipinski definition) is 1. The van der Waals surface area contributed by atoms with E-state index in [2.05, 4.69) is 5.32 Å². The summed E-state index contributed by atoms with van der Waals surface area (Å²) in [6, 6.07) is 3.25. The van der Waals surface area contributed by atoms with Crippen molar-refractivity contribution in [2.75, 3.05) is 13.1 Å². The van der Waals surface area contributed by atoms with Crippen LogP contribution in [0.5, 0.6) is 0 Å². The van der Waals surface area contributed by atoms with Gasteiger partial charge in [-0.1, -0.05) is 6.07 Å². The molecule has 17 heavy (non-hydrogen) atoms. The molecule has 0 spiro atoms. The van der Waals surface area contributed by atoms with E-state index in [1.807, 2.05) is 0 Å². The summed E-state index contributed by atoms with van der Waals surface area (Å²) in [7, 11) is 0. The average Bonchev–Trinajstić information content (AvgIpc) is 2.16. The highest BCUT2D eigenvalue weighted by molar-refractivity contribution is 5.10. The van der Waals surface area contributed by atoms with E-state index in [1.54, 1.807) is 0 Å². The number of nitrogens with one attached hydrogen (secondary N) is 1. The summed E-state index contributed by atoms with van der Waals surface area (Å²) in [5.41, 5.74) is -1.45. The smallest absolute Gasteiger partial charge is 0.316 e. The Labute approximate surface area is 96.3 Å². The average molecular weight is 246 g/mol.